The number of amides is 1. The molecule has 1 aromatic carbocycles. The highest BCUT2D eigenvalue weighted by Gasteiger charge is 2.17. The van der Waals surface area contributed by atoms with Gasteiger partial charge in [-0.25, -0.2) is 4.79 Å². The Labute approximate surface area is 106 Å². The van der Waals surface area contributed by atoms with Crippen LogP contribution in [0.25, 0.3) is 0 Å². The van der Waals surface area contributed by atoms with E-state index >= 15 is 0 Å². The van der Waals surface area contributed by atoms with Crippen molar-refractivity contribution in [1.29, 1.82) is 0 Å². The number of carbonyl (C=O) groups is 2. The molecule has 1 atom stereocenters. The standard InChI is InChI=1S/C13H17NO4/c1-3-10(13(16)17)14-12(15)8-18-11-7-5-4-6-9(11)2/h4-7,10H,3,8H2,1-2H3,(H,14,15)(H,16,17). The molecule has 0 aliphatic rings. The summed E-state index contributed by atoms with van der Waals surface area (Å²) in [6.45, 7) is 3.38. The maximum Gasteiger partial charge on any atom is 0.326 e. The summed E-state index contributed by atoms with van der Waals surface area (Å²) in [6, 6.07) is 6.46. The minimum Gasteiger partial charge on any atom is -0.484 e. The van der Waals surface area contributed by atoms with Crippen LogP contribution in [0.5, 0.6) is 5.75 Å². The molecule has 5 heteroatoms. The van der Waals surface area contributed by atoms with Crippen molar-refractivity contribution in [2.24, 2.45) is 0 Å². The van der Waals surface area contributed by atoms with E-state index in [1.165, 1.54) is 0 Å². The minimum atomic E-state index is -1.04. The molecule has 0 saturated heterocycles. The SMILES string of the molecule is CCC(NC(=O)COc1ccccc1C)C(=O)O. The van der Waals surface area contributed by atoms with Gasteiger partial charge in [-0.15, -0.1) is 0 Å². The fraction of sp³-hybridized carbons (Fsp3) is 0.385. The number of carboxylic acid groups (broad SMARTS) is 1. The molecule has 2 N–H and O–H groups in total. The average molecular weight is 251 g/mol. The van der Waals surface area contributed by atoms with E-state index in [2.05, 4.69) is 5.32 Å². The Bertz CT molecular complexity index is 431. The molecule has 0 aromatic heterocycles. The maximum absolute atomic E-state index is 11.5. The lowest BCUT2D eigenvalue weighted by Gasteiger charge is -2.13. The van der Waals surface area contributed by atoms with E-state index in [4.69, 9.17) is 9.84 Å². The minimum absolute atomic E-state index is 0.186. The van der Waals surface area contributed by atoms with E-state index in [-0.39, 0.29) is 6.61 Å². The van der Waals surface area contributed by atoms with Crippen molar-refractivity contribution in [2.75, 3.05) is 6.61 Å². The van der Waals surface area contributed by atoms with Crippen molar-refractivity contribution in [2.45, 2.75) is 26.3 Å². The summed E-state index contributed by atoms with van der Waals surface area (Å²) in [4.78, 5) is 22.2. The van der Waals surface area contributed by atoms with Crippen molar-refractivity contribution < 1.29 is 19.4 Å². The van der Waals surface area contributed by atoms with Gasteiger partial charge in [-0.2, -0.15) is 0 Å². The van der Waals surface area contributed by atoms with Crippen molar-refractivity contribution in [3.8, 4) is 5.75 Å². The first-order valence-electron chi connectivity index (χ1n) is 5.75. The molecule has 1 amide bonds. The lowest BCUT2D eigenvalue weighted by atomic mass is 10.2. The van der Waals surface area contributed by atoms with E-state index in [0.717, 1.165) is 5.56 Å². The summed E-state index contributed by atoms with van der Waals surface area (Å²) >= 11 is 0. The molecule has 1 unspecified atom stereocenters. The van der Waals surface area contributed by atoms with Crippen LogP contribution < -0.4 is 10.1 Å². The molecule has 0 saturated carbocycles. The number of aryl methyl sites for hydroxylation is 1. The third kappa shape index (κ3) is 4.08. The van der Waals surface area contributed by atoms with Crippen LogP contribution in [0, 0.1) is 6.92 Å². The predicted molar refractivity (Wildman–Crippen MR) is 66.5 cm³/mol. The van der Waals surface area contributed by atoms with Crippen molar-refractivity contribution in [3.63, 3.8) is 0 Å². The van der Waals surface area contributed by atoms with Crippen molar-refractivity contribution in [3.05, 3.63) is 29.8 Å². The predicted octanol–water partition coefficient (Wildman–Crippen LogP) is 1.35. The molecule has 0 aliphatic carbocycles. The Morgan fingerprint density at radius 1 is 1.39 bits per heavy atom. The lowest BCUT2D eigenvalue weighted by Crippen LogP contribution is -2.42. The summed E-state index contributed by atoms with van der Waals surface area (Å²) in [6.07, 6.45) is 0.339. The number of rotatable bonds is 6. The zero-order valence-corrected chi connectivity index (χ0v) is 10.5. The third-order valence-corrected chi connectivity index (χ3v) is 2.49. The Hall–Kier alpha value is -2.04. The zero-order chi connectivity index (χ0) is 13.5. The molecule has 1 rings (SSSR count). The van der Waals surface area contributed by atoms with Gasteiger partial charge < -0.3 is 15.2 Å². The summed E-state index contributed by atoms with van der Waals surface area (Å²) in [5, 5.41) is 11.2. The molecule has 0 heterocycles. The second-order valence-electron chi connectivity index (χ2n) is 3.92. The molecule has 1 aromatic rings. The molecule has 0 spiro atoms. The number of para-hydroxylation sites is 1. The van der Waals surface area contributed by atoms with Crippen LogP contribution in [0.15, 0.2) is 24.3 Å². The van der Waals surface area contributed by atoms with Gasteiger partial charge >= 0.3 is 5.97 Å². The summed E-state index contributed by atoms with van der Waals surface area (Å²) in [5.41, 5.74) is 0.926. The first-order valence-corrected chi connectivity index (χ1v) is 5.75. The van der Waals surface area contributed by atoms with E-state index in [9.17, 15) is 9.59 Å². The van der Waals surface area contributed by atoms with Gasteiger partial charge in [0.05, 0.1) is 0 Å². The third-order valence-electron chi connectivity index (χ3n) is 2.49. The van der Waals surface area contributed by atoms with E-state index in [0.29, 0.717) is 12.2 Å². The van der Waals surface area contributed by atoms with Crippen LogP contribution in [0.1, 0.15) is 18.9 Å². The number of hydrogen-bond donors (Lipinski definition) is 2. The monoisotopic (exact) mass is 251 g/mol. The largest absolute Gasteiger partial charge is 0.484 e. The van der Waals surface area contributed by atoms with Crippen molar-refractivity contribution >= 4 is 11.9 Å². The van der Waals surface area contributed by atoms with E-state index in [1.54, 1.807) is 13.0 Å². The fourth-order valence-electron chi connectivity index (χ4n) is 1.44. The molecule has 5 nitrogen and oxygen atoms in total. The van der Waals surface area contributed by atoms with Crippen LogP contribution in [-0.4, -0.2) is 29.6 Å². The Balaban J connectivity index is 2.47. The summed E-state index contributed by atoms with van der Waals surface area (Å²) < 4.78 is 5.32. The van der Waals surface area contributed by atoms with Gasteiger partial charge in [-0.1, -0.05) is 25.1 Å². The van der Waals surface area contributed by atoms with Crippen LogP contribution in [0.4, 0.5) is 0 Å². The van der Waals surface area contributed by atoms with E-state index < -0.39 is 17.9 Å². The van der Waals surface area contributed by atoms with Gasteiger partial charge in [0.2, 0.25) is 0 Å². The highest BCUT2D eigenvalue weighted by atomic mass is 16.5. The van der Waals surface area contributed by atoms with Gasteiger partial charge in [-0.05, 0) is 25.0 Å². The number of ether oxygens (including phenoxy) is 1. The topological polar surface area (TPSA) is 75.6 Å². The van der Waals surface area contributed by atoms with Gasteiger partial charge in [0.25, 0.3) is 5.91 Å². The molecule has 0 aliphatic heterocycles. The Morgan fingerprint density at radius 2 is 2.06 bits per heavy atom. The zero-order valence-electron chi connectivity index (χ0n) is 10.5. The van der Waals surface area contributed by atoms with Gasteiger partial charge in [-0.3, -0.25) is 4.79 Å². The summed E-state index contributed by atoms with van der Waals surface area (Å²) in [5.74, 6) is -0.856. The fourth-order valence-corrected chi connectivity index (χ4v) is 1.44. The highest BCUT2D eigenvalue weighted by Crippen LogP contribution is 2.15. The lowest BCUT2D eigenvalue weighted by molar-refractivity contribution is -0.142. The molecule has 0 bridgehead atoms. The normalized spacial score (nSPS) is 11.7. The first-order chi connectivity index (χ1) is 8.54. The summed E-state index contributed by atoms with van der Waals surface area (Å²) in [7, 11) is 0. The molecule has 98 valence electrons. The number of nitrogens with one attached hydrogen (secondary N) is 1. The molecular weight excluding hydrogens is 234 g/mol. The van der Waals surface area contributed by atoms with Gasteiger partial charge in [0.15, 0.2) is 6.61 Å². The Morgan fingerprint density at radius 3 is 2.61 bits per heavy atom. The maximum atomic E-state index is 11.5. The number of carbonyl (C=O) groups excluding carboxylic acids is 1. The molecule has 0 fully saturated rings. The van der Waals surface area contributed by atoms with Gasteiger partial charge in [0, 0.05) is 0 Å². The van der Waals surface area contributed by atoms with Crippen LogP contribution in [0.3, 0.4) is 0 Å². The second-order valence-corrected chi connectivity index (χ2v) is 3.92. The number of hydrogen-bond acceptors (Lipinski definition) is 3. The number of benzene rings is 1. The molecule has 18 heavy (non-hydrogen) atoms. The number of aliphatic carboxylic acids is 1. The molecular formula is C13H17NO4. The first kappa shape index (κ1) is 14.0. The quantitative estimate of drug-likeness (QED) is 0.800. The number of carboxylic acids is 1. The molecule has 0 radical (unpaired) electrons. The van der Waals surface area contributed by atoms with Crippen LogP contribution >= 0.6 is 0 Å². The van der Waals surface area contributed by atoms with Crippen molar-refractivity contribution in [1.82, 2.24) is 5.32 Å². The highest BCUT2D eigenvalue weighted by molar-refractivity contribution is 5.84. The Kier molecular flexibility index (Phi) is 5.17. The van der Waals surface area contributed by atoms with Gasteiger partial charge in [0.1, 0.15) is 11.8 Å². The van der Waals surface area contributed by atoms with E-state index in [1.807, 2.05) is 25.1 Å². The average Bonchev–Trinajstić information content (AvgIpc) is 2.34. The van der Waals surface area contributed by atoms with Crippen LogP contribution in [-0.2, 0) is 9.59 Å². The smallest absolute Gasteiger partial charge is 0.326 e. The second kappa shape index (κ2) is 6.64. The van der Waals surface area contributed by atoms with Crippen LogP contribution in [0.2, 0.25) is 0 Å².